The summed E-state index contributed by atoms with van der Waals surface area (Å²) in [6.45, 7) is 6.51. The molecule has 3 atom stereocenters. The maximum Gasteiger partial charge on any atom is 0.306 e. The molecule has 0 bridgehead atoms. The van der Waals surface area contributed by atoms with Crippen molar-refractivity contribution in [3.63, 3.8) is 0 Å². The molecule has 0 rings (SSSR count). The maximum atomic E-state index is 13.2. The van der Waals surface area contributed by atoms with Gasteiger partial charge in [-0.15, -0.1) is 0 Å². The first-order chi connectivity index (χ1) is 30.5. The van der Waals surface area contributed by atoms with Gasteiger partial charge in [-0.2, -0.15) is 0 Å². The number of carbonyl (C=O) groups is 2. The normalized spacial score (nSPS) is 13.2. The van der Waals surface area contributed by atoms with Crippen LogP contribution in [0.4, 0.5) is 0 Å². The fourth-order valence-electron chi connectivity index (χ4n) is 8.84. The van der Waals surface area contributed by atoms with Crippen LogP contribution in [-0.4, -0.2) is 46.9 Å². The Hall–Kier alpha value is -1.40. The molecule has 6 nitrogen and oxygen atoms in total. The van der Waals surface area contributed by atoms with Gasteiger partial charge >= 0.3 is 5.97 Å². The second kappa shape index (κ2) is 50.6. The summed E-state index contributed by atoms with van der Waals surface area (Å²) >= 11 is 0. The van der Waals surface area contributed by atoms with E-state index >= 15 is 0 Å². The lowest BCUT2D eigenvalue weighted by Crippen LogP contribution is -2.46. The van der Waals surface area contributed by atoms with Crippen molar-refractivity contribution >= 4 is 11.9 Å². The molecule has 0 aliphatic rings. The average molecular weight is 876 g/mol. The van der Waals surface area contributed by atoms with Gasteiger partial charge in [-0.3, -0.25) is 9.59 Å². The van der Waals surface area contributed by atoms with E-state index in [1.54, 1.807) is 0 Å². The average Bonchev–Trinajstić information content (AvgIpc) is 3.26. The number of hydrogen-bond donors (Lipinski definition) is 3. The molecule has 0 aromatic carbocycles. The quantitative estimate of drug-likeness (QED) is 0.0321. The van der Waals surface area contributed by atoms with Crippen molar-refractivity contribution in [1.82, 2.24) is 5.32 Å². The Kier molecular flexibility index (Phi) is 49.5. The van der Waals surface area contributed by atoms with Gasteiger partial charge in [0.05, 0.1) is 25.2 Å². The van der Waals surface area contributed by atoms with Crippen molar-refractivity contribution in [2.45, 2.75) is 328 Å². The Labute approximate surface area is 387 Å². The van der Waals surface area contributed by atoms with Crippen LogP contribution < -0.4 is 5.32 Å². The fourth-order valence-corrected chi connectivity index (χ4v) is 8.84. The van der Waals surface area contributed by atoms with Gasteiger partial charge in [0.2, 0.25) is 5.91 Å². The van der Waals surface area contributed by atoms with Crippen molar-refractivity contribution in [1.29, 1.82) is 0 Å². The second-order valence-corrected chi connectivity index (χ2v) is 19.3. The summed E-state index contributed by atoms with van der Waals surface area (Å²) in [5.41, 5.74) is 0. The molecule has 0 aliphatic carbocycles. The highest BCUT2D eigenvalue weighted by molar-refractivity contribution is 5.77. The predicted molar refractivity (Wildman–Crippen MR) is 269 cm³/mol. The second-order valence-electron chi connectivity index (χ2n) is 19.3. The number of aliphatic hydroxyl groups is 2. The molecule has 0 spiro atoms. The number of rotatable bonds is 51. The summed E-state index contributed by atoms with van der Waals surface area (Å²) in [5.74, 6) is -0.463. The van der Waals surface area contributed by atoms with Gasteiger partial charge in [0.1, 0.15) is 6.10 Å². The summed E-state index contributed by atoms with van der Waals surface area (Å²) < 4.78 is 5.94. The molecule has 0 heterocycles. The number of nitrogens with one attached hydrogen (secondary N) is 1. The molecule has 0 saturated heterocycles. The van der Waals surface area contributed by atoms with Crippen LogP contribution in [0.25, 0.3) is 0 Å². The Morgan fingerprint density at radius 2 is 0.774 bits per heavy atom. The molecule has 3 N–H and O–H groups in total. The molecule has 62 heavy (non-hydrogen) atoms. The molecular formula is C56H109NO5. The van der Waals surface area contributed by atoms with Crippen molar-refractivity contribution in [2.75, 3.05) is 6.61 Å². The van der Waals surface area contributed by atoms with Crippen LogP contribution in [0.1, 0.15) is 310 Å². The number of allylic oxidation sites excluding steroid dienone is 2. The summed E-state index contributed by atoms with van der Waals surface area (Å²) in [6, 6.07) is -0.698. The highest BCUT2D eigenvalue weighted by Gasteiger charge is 2.24. The van der Waals surface area contributed by atoms with Crippen molar-refractivity contribution in [3.8, 4) is 0 Å². The van der Waals surface area contributed by atoms with E-state index in [9.17, 15) is 19.8 Å². The number of ether oxygens (including phenoxy) is 1. The van der Waals surface area contributed by atoms with Crippen LogP contribution >= 0.6 is 0 Å². The molecule has 368 valence electrons. The third-order valence-electron chi connectivity index (χ3n) is 13.1. The summed E-state index contributed by atoms with van der Waals surface area (Å²) in [6.07, 6.45) is 57.0. The van der Waals surface area contributed by atoms with E-state index in [-0.39, 0.29) is 24.9 Å². The van der Waals surface area contributed by atoms with E-state index in [4.69, 9.17) is 4.74 Å². The minimum absolute atomic E-state index is 0.0791. The molecule has 1 amide bonds. The van der Waals surface area contributed by atoms with Gasteiger partial charge in [0, 0.05) is 6.42 Å². The van der Waals surface area contributed by atoms with E-state index < -0.39 is 18.2 Å². The lowest BCUT2D eigenvalue weighted by Gasteiger charge is -2.24. The van der Waals surface area contributed by atoms with Crippen LogP contribution in [0.15, 0.2) is 12.2 Å². The molecule has 0 aliphatic heterocycles. The lowest BCUT2D eigenvalue weighted by molar-refractivity contribution is -0.151. The van der Waals surface area contributed by atoms with Gasteiger partial charge in [-0.1, -0.05) is 258 Å². The third kappa shape index (κ3) is 45.2. The van der Waals surface area contributed by atoms with E-state index in [0.29, 0.717) is 19.3 Å². The summed E-state index contributed by atoms with van der Waals surface area (Å²) in [4.78, 5) is 26.2. The minimum atomic E-state index is -0.784. The fraction of sp³-hybridized carbons (Fsp3) is 0.929. The Morgan fingerprint density at radius 1 is 0.452 bits per heavy atom. The van der Waals surface area contributed by atoms with Gasteiger partial charge in [-0.05, 0) is 51.4 Å². The standard InChI is InChI=1S/C56H109NO5/c1-4-7-10-13-16-19-22-24-26-27-29-31-34-36-39-42-45-48-54(59)53(51-58)57-55(60)50-52(62-56(61)49-46-43-40-37-32-21-18-15-12-9-6-3)47-44-41-38-35-33-30-28-25-23-20-17-14-11-8-5-2/h25,28,52-54,58-59H,4-24,26-27,29-51H2,1-3H3,(H,57,60)/b28-25+. The van der Waals surface area contributed by atoms with E-state index in [0.717, 1.165) is 57.8 Å². The van der Waals surface area contributed by atoms with Crippen LogP contribution in [0.3, 0.4) is 0 Å². The zero-order valence-electron chi connectivity index (χ0n) is 42.0. The number of amides is 1. The van der Waals surface area contributed by atoms with Crippen LogP contribution in [0.5, 0.6) is 0 Å². The van der Waals surface area contributed by atoms with Crippen molar-refractivity contribution < 1.29 is 24.5 Å². The number of unbranched alkanes of at least 4 members (excludes halogenated alkanes) is 37. The number of carbonyl (C=O) groups excluding carboxylic acids is 2. The highest BCUT2D eigenvalue weighted by atomic mass is 16.5. The summed E-state index contributed by atoms with van der Waals surface area (Å²) in [5, 5.41) is 23.9. The number of esters is 1. The topological polar surface area (TPSA) is 95.9 Å². The molecule has 0 fully saturated rings. The number of aliphatic hydroxyl groups excluding tert-OH is 2. The smallest absolute Gasteiger partial charge is 0.306 e. The molecular weight excluding hydrogens is 767 g/mol. The molecule has 3 unspecified atom stereocenters. The Bertz CT molecular complexity index is 939. The lowest BCUT2D eigenvalue weighted by atomic mass is 10.0. The molecule has 0 aromatic heterocycles. The van der Waals surface area contributed by atoms with E-state index in [1.165, 1.54) is 205 Å². The number of hydrogen-bond acceptors (Lipinski definition) is 5. The highest BCUT2D eigenvalue weighted by Crippen LogP contribution is 2.19. The Balaban J connectivity index is 4.48. The van der Waals surface area contributed by atoms with E-state index in [2.05, 4.69) is 38.2 Å². The monoisotopic (exact) mass is 876 g/mol. The molecule has 0 saturated carbocycles. The van der Waals surface area contributed by atoms with Gasteiger partial charge in [0.15, 0.2) is 0 Å². The first kappa shape index (κ1) is 60.6. The Morgan fingerprint density at radius 3 is 1.15 bits per heavy atom. The SMILES string of the molecule is CCCCCCCC/C=C/CCCCCCCC(CC(=O)NC(CO)C(O)CCCCCCCCCCCCCCCCCCC)OC(=O)CCCCCCCCCCCCC. The maximum absolute atomic E-state index is 13.2. The predicted octanol–water partition coefficient (Wildman–Crippen LogP) is 16.9. The summed E-state index contributed by atoms with van der Waals surface area (Å²) in [7, 11) is 0. The molecule has 0 aromatic rings. The van der Waals surface area contributed by atoms with E-state index in [1.807, 2.05) is 0 Å². The first-order valence-corrected chi connectivity index (χ1v) is 27.9. The van der Waals surface area contributed by atoms with Crippen LogP contribution in [-0.2, 0) is 14.3 Å². The zero-order chi connectivity index (χ0) is 45.2. The largest absolute Gasteiger partial charge is 0.462 e. The van der Waals surface area contributed by atoms with Crippen molar-refractivity contribution in [2.24, 2.45) is 0 Å². The van der Waals surface area contributed by atoms with Crippen LogP contribution in [0, 0.1) is 0 Å². The zero-order valence-corrected chi connectivity index (χ0v) is 42.0. The first-order valence-electron chi connectivity index (χ1n) is 27.9. The van der Waals surface area contributed by atoms with Crippen molar-refractivity contribution in [3.05, 3.63) is 12.2 Å². The van der Waals surface area contributed by atoms with Crippen LogP contribution in [0.2, 0.25) is 0 Å². The van der Waals surface area contributed by atoms with Gasteiger partial charge in [-0.25, -0.2) is 0 Å². The molecule has 0 radical (unpaired) electrons. The third-order valence-corrected chi connectivity index (χ3v) is 13.1. The minimum Gasteiger partial charge on any atom is -0.462 e. The van der Waals surface area contributed by atoms with Gasteiger partial charge in [0.25, 0.3) is 0 Å². The molecule has 6 heteroatoms. The van der Waals surface area contributed by atoms with Gasteiger partial charge < -0.3 is 20.3 Å².